The number of nitrogens with zero attached hydrogens (tertiary/aromatic N) is 1. The van der Waals surface area contributed by atoms with Crippen LogP contribution in [0, 0.1) is 40.8 Å². The number of hydrogen-bond acceptors (Lipinski definition) is 1. The van der Waals surface area contributed by atoms with Gasteiger partial charge >= 0.3 is 0 Å². The lowest BCUT2D eigenvalue weighted by molar-refractivity contribution is 0.0979. The fourth-order valence-corrected chi connectivity index (χ4v) is 5.95. The van der Waals surface area contributed by atoms with Gasteiger partial charge in [-0.2, -0.15) is 5.26 Å². The van der Waals surface area contributed by atoms with Gasteiger partial charge in [0.1, 0.15) is 11.9 Å². The topological polar surface area (TPSA) is 23.8 Å². The van der Waals surface area contributed by atoms with E-state index in [0.717, 1.165) is 42.1 Å². The second-order valence-electron chi connectivity index (χ2n) is 8.73. The summed E-state index contributed by atoms with van der Waals surface area (Å²) in [6, 6.07) is 7.32. The first kappa shape index (κ1) is 19.4. The van der Waals surface area contributed by atoms with Crippen LogP contribution in [0.1, 0.15) is 95.1 Å². The van der Waals surface area contributed by atoms with E-state index in [0.29, 0.717) is 5.92 Å². The van der Waals surface area contributed by atoms with Crippen LogP contribution < -0.4 is 0 Å². The molecule has 3 unspecified atom stereocenters. The quantitative estimate of drug-likeness (QED) is 0.547. The Kier molecular flexibility index (Phi) is 6.74. The standard InChI is InChI=1S/C24H34FN/c1-3-6-17-9-11-19(12-10-17)22-15-20(14-13-18(22)4-2)21-7-5-8-24(25)23(21)16-26/h5,7-8,17-20,22H,3-4,6,9-15H2,1-2H3. The Balaban J connectivity index is 1.74. The van der Waals surface area contributed by atoms with Gasteiger partial charge in [0.05, 0.1) is 5.56 Å². The Morgan fingerprint density at radius 2 is 1.85 bits per heavy atom. The van der Waals surface area contributed by atoms with E-state index in [4.69, 9.17) is 0 Å². The van der Waals surface area contributed by atoms with Crippen molar-refractivity contribution in [2.45, 2.75) is 84.0 Å². The minimum Gasteiger partial charge on any atom is -0.206 e. The Bertz CT molecular complexity index is 624. The summed E-state index contributed by atoms with van der Waals surface area (Å²) < 4.78 is 14.1. The molecule has 2 fully saturated rings. The number of hydrogen-bond donors (Lipinski definition) is 0. The van der Waals surface area contributed by atoms with Crippen molar-refractivity contribution in [1.82, 2.24) is 0 Å². The molecule has 26 heavy (non-hydrogen) atoms. The van der Waals surface area contributed by atoms with E-state index in [1.165, 1.54) is 57.4 Å². The van der Waals surface area contributed by atoms with Crippen LogP contribution in [-0.2, 0) is 0 Å². The molecule has 1 nitrogen and oxygen atoms in total. The lowest BCUT2D eigenvalue weighted by atomic mass is 9.62. The smallest absolute Gasteiger partial charge is 0.141 e. The van der Waals surface area contributed by atoms with Crippen molar-refractivity contribution in [3.8, 4) is 6.07 Å². The second kappa shape index (κ2) is 9.03. The monoisotopic (exact) mass is 355 g/mol. The van der Waals surface area contributed by atoms with Crippen LogP contribution in [0.5, 0.6) is 0 Å². The fourth-order valence-electron chi connectivity index (χ4n) is 5.95. The van der Waals surface area contributed by atoms with E-state index in [1.54, 1.807) is 6.07 Å². The van der Waals surface area contributed by atoms with Crippen LogP contribution in [0.3, 0.4) is 0 Å². The molecule has 0 heterocycles. The molecule has 2 saturated carbocycles. The van der Waals surface area contributed by atoms with E-state index in [1.807, 2.05) is 6.07 Å². The van der Waals surface area contributed by atoms with Crippen LogP contribution in [0.4, 0.5) is 4.39 Å². The summed E-state index contributed by atoms with van der Waals surface area (Å²) in [5.74, 6) is 3.38. The first-order chi connectivity index (χ1) is 12.7. The molecular formula is C24H34FN. The molecule has 2 aliphatic carbocycles. The summed E-state index contributed by atoms with van der Waals surface area (Å²) >= 11 is 0. The summed E-state index contributed by atoms with van der Waals surface area (Å²) in [5.41, 5.74) is 1.25. The van der Waals surface area contributed by atoms with Gasteiger partial charge < -0.3 is 0 Å². The Labute approximate surface area is 159 Å². The molecular weight excluding hydrogens is 321 g/mol. The minimum absolute atomic E-state index is 0.290. The Morgan fingerprint density at radius 1 is 1.08 bits per heavy atom. The van der Waals surface area contributed by atoms with Gasteiger partial charge in [-0.15, -0.1) is 0 Å². The van der Waals surface area contributed by atoms with Gasteiger partial charge in [-0.3, -0.25) is 0 Å². The van der Waals surface area contributed by atoms with Crippen LogP contribution in [-0.4, -0.2) is 0 Å². The van der Waals surface area contributed by atoms with Crippen molar-refractivity contribution in [3.05, 3.63) is 35.1 Å². The lowest BCUT2D eigenvalue weighted by Crippen LogP contribution is -2.32. The summed E-state index contributed by atoms with van der Waals surface area (Å²) in [4.78, 5) is 0. The minimum atomic E-state index is -0.348. The third kappa shape index (κ3) is 4.13. The van der Waals surface area contributed by atoms with E-state index in [-0.39, 0.29) is 11.4 Å². The number of nitriles is 1. The highest BCUT2D eigenvalue weighted by Gasteiger charge is 2.37. The zero-order chi connectivity index (χ0) is 18.5. The molecule has 0 aromatic heterocycles. The van der Waals surface area contributed by atoms with Crippen molar-refractivity contribution in [2.75, 3.05) is 0 Å². The maximum absolute atomic E-state index is 14.1. The lowest BCUT2D eigenvalue weighted by Gasteiger charge is -2.43. The Hall–Kier alpha value is -1.36. The van der Waals surface area contributed by atoms with Gasteiger partial charge in [0.25, 0.3) is 0 Å². The first-order valence-corrected chi connectivity index (χ1v) is 10.9. The van der Waals surface area contributed by atoms with Gasteiger partial charge in [0.2, 0.25) is 0 Å². The maximum atomic E-state index is 14.1. The molecule has 0 N–H and O–H groups in total. The predicted octanol–water partition coefficient (Wildman–Crippen LogP) is 7.21. The van der Waals surface area contributed by atoms with Gasteiger partial charge in [0, 0.05) is 0 Å². The van der Waals surface area contributed by atoms with Gasteiger partial charge in [-0.1, -0.05) is 58.1 Å². The van der Waals surface area contributed by atoms with Crippen molar-refractivity contribution >= 4 is 0 Å². The molecule has 3 atom stereocenters. The third-order valence-electron chi connectivity index (χ3n) is 7.36. The van der Waals surface area contributed by atoms with Gasteiger partial charge in [-0.05, 0) is 73.3 Å². The van der Waals surface area contributed by atoms with Gasteiger partial charge in [0.15, 0.2) is 0 Å². The van der Waals surface area contributed by atoms with Crippen molar-refractivity contribution in [2.24, 2.45) is 23.7 Å². The van der Waals surface area contributed by atoms with Crippen LogP contribution in [0.2, 0.25) is 0 Å². The normalized spacial score (nSPS) is 32.2. The van der Waals surface area contributed by atoms with Crippen molar-refractivity contribution < 1.29 is 4.39 Å². The third-order valence-corrected chi connectivity index (χ3v) is 7.36. The molecule has 2 heteroatoms. The van der Waals surface area contributed by atoms with Crippen LogP contribution in [0.15, 0.2) is 18.2 Å². The molecule has 142 valence electrons. The Morgan fingerprint density at radius 3 is 2.50 bits per heavy atom. The molecule has 0 amide bonds. The van der Waals surface area contributed by atoms with Crippen molar-refractivity contribution in [1.29, 1.82) is 5.26 Å². The van der Waals surface area contributed by atoms with Gasteiger partial charge in [-0.25, -0.2) is 4.39 Å². The average molecular weight is 356 g/mol. The van der Waals surface area contributed by atoms with Crippen LogP contribution >= 0.6 is 0 Å². The number of rotatable bonds is 5. The van der Waals surface area contributed by atoms with E-state index in [9.17, 15) is 9.65 Å². The molecule has 0 aliphatic heterocycles. The molecule has 1 aromatic carbocycles. The molecule has 0 radical (unpaired) electrons. The molecule has 1 aromatic rings. The zero-order valence-corrected chi connectivity index (χ0v) is 16.5. The molecule has 2 aliphatic rings. The average Bonchev–Trinajstić information content (AvgIpc) is 2.68. The number of halogens is 1. The van der Waals surface area contributed by atoms with Crippen LogP contribution in [0.25, 0.3) is 0 Å². The summed E-state index contributed by atoms with van der Waals surface area (Å²) in [5, 5.41) is 9.43. The number of benzene rings is 1. The zero-order valence-electron chi connectivity index (χ0n) is 16.5. The molecule has 0 spiro atoms. The highest BCUT2D eigenvalue weighted by Crippen LogP contribution is 2.49. The fraction of sp³-hybridized carbons (Fsp3) is 0.708. The van der Waals surface area contributed by atoms with E-state index < -0.39 is 0 Å². The molecule has 0 saturated heterocycles. The second-order valence-corrected chi connectivity index (χ2v) is 8.73. The molecule has 3 rings (SSSR count). The highest BCUT2D eigenvalue weighted by atomic mass is 19.1. The van der Waals surface area contributed by atoms with Crippen molar-refractivity contribution in [3.63, 3.8) is 0 Å². The largest absolute Gasteiger partial charge is 0.206 e. The predicted molar refractivity (Wildman–Crippen MR) is 105 cm³/mol. The maximum Gasteiger partial charge on any atom is 0.141 e. The molecule has 0 bridgehead atoms. The summed E-state index contributed by atoms with van der Waals surface area (Å²) in [7, 11) is 0. The first-order valence-electron chi connectivity index (χ1n) is 10.9. The summed E-state index contributed by atoms with van der Waals surface area (Å²) in [6.45, 7) is 4.64. The van der Waals surface area contributed by atoms with E-state index >= 15 is 0 Å². The SMILES string of the molecule is CCCC1CCC(C2CC(c3cccc(F)c3C#N)CCC2CC)CC1. The summed E-state index contributed by atoms with van der Waals surface area (Å²) in [6.07, 6.45) is 13.0. The van der Waals surface area contributed by atoms with E-state index in [2.05, 4.69) is 19.9 Å². The highest BCUT2D eigenvalue weighted by molar-refractivity contribution is 5.41.